The zero-order valence-corrected chi connectivity index (χ0v) is 8.28. The van der Waals surface area contributed by atoms with E-state index in [0.717, 1.165) is 12.8 Å². The van der Waals surface area contributed by atoms with E-state index >= 15 is 0 Å². The third-order valence-electron chi connectivity index (χ3n) is 2.52. The SMILES string of the molecule is CCCCC(C)(N)C(C)(C)N. The molecule has 0 aromatic heterocycles. The van der Waals surface area contributed by atoms with Crippen LogP contribution in [0.1, 0.15) is 47.0 Å². The maximum Gasteiger partial charge on any atom is 0.0302 e. The molecule has 1 unspecified atom stereocenters. The zero-order chi connectivity index (χ0) is 9.12. The molecule has 0 spiro atoms. The summed E-state index contributed by atoms with van der Waals surface area (Å²) in [6, 6.07) is 0. The largest absolute Gasteiger partial charge is 0.324 e. The standard InChI is InChI=1S/C9H22N2/c1-5-6-7-9(4,11)8(2,3)10/h5-7,10-11H2,1-4H3. The van der Waals surface area contributed by atoms with Gasteiger partial charge < -0.3 is 11.5 Å². The topological polar surface area (TPSA) is 52.0 Å². The van der Waals surface area contributed by atoms with E-state index in [1.807, 2.05) is 20.8 Å². The first kappa shape index (κ1) is 10.9. The van der Waals surface area contributed by atoms with Crippen molar-refractivity contribution >= 4 is 0 Å². The average Bonchev–Trinajstić information content (AvgIpc) is 1.81. The van der Waals surface area contributed by atoms with Gasteiger partial charge in [0.25, 0.3) is 0 Å². The summed E-state index contributed by atoms with van der Waals surface area (Å²) in [6.45, 7) is 8.17. The molecule has 0 heterocycles. The molecule has 0 radical (unpaired) electrons. The minimum absolute atomic E-state index is 0.233. The molecule has 0 rings (SSSR count). The van der Waals surface area contributed by atoms with E-state index in [4.69, 9.17) is 11.5 Å². The molecule has 0 aromatic carbocycles. The number of unbranched alkanes of at least 4 members (excludes halogenated alkanes) is 1. The molecule has 0 aromatic rings. The van der Waals surface area contributed by atoms with Crippen molar-refractivity contribution < 1.29 is 0 Å². The van der Waals surface area contributed by atoms with Crippen molar-refractivity contribution in [3.63, 3.8) is 0 Å². The van der Waals surface area contributed by atoms with Gasteiger partial charge in [0.2, 0.25) is 0 Å². The van der Waals surface area contributed by atoms with Gasteiger partial charge in [-0.1, -0.05) is 19.8 Å². The molecular weight excluding hydrogens is 136 g/mol. The molecule has 2 nitrogen and oxygen atoms in total. The van der Waals surface area contributed by atoms with Crippen LogP contribution in [0.25, 0.3) is 0 Å². The Kier molecular flexibility index (Phi) is 3.52. The first-order valence-corrected chi connectivity index (χ1v) is 4.39. The Morgan fingerprint density at radius 1 is 1.09 bits per heavy atom. The second-order valence-electron chi connectivity index (χ2n) is 4.24. The highest BCUT2D eigenvalue weighted by Crippen LogP contribution is 2.21. The Morgan fingerprint density at radius 3 is 1.82 bits per heavy atom. The van der Waals surface area contributed by atoms with Gasteiger partial charge in [-0.15, -0.1) is 0 Å². The monoisotopic (exact) mass is 158 g/mol. The summed E-state index contributed by atoms with van der Waals surface area (Å²) < 4.78 is 0. The van der Waals surface area contributed by atoms with Crippen LogP contribution in [0.5, 0.6) is 0 Å². The zero-order valence-electron chi connectivity index (χ0n) is 8.28. The molecule has 0 saturated heterocycles. The van der Waals surface area contributed by atoms with Crippen molar-refractivity contribution in [3.8, 4) is 0 Å². The lowest BCUT2D eigenvalue weighted by Crippen LogP contribution is -2.60. The Balaban J connectivity index is 4.00. The summed E-state index contributed by atoms with van der Waals surface area (Å²) in [5.41, 5.74) is 11.5. The lowest BCUT2D eigenvalue weighted by Gasteiger charge is -2.38. The van der Waals surface area contributed by atoms with Crippen LogP contribution < -0.4 is 11.5 Å². The molecule has 0 aliphatic rings. The summed E-state index contributed by atoms with van der Waals surface area (Å²) in [7, 11) is 0. The van der Waals surface area contributed by atoms with Crippen LogP contribution >= 0.6 is 0 Å². The molecule has 68 valence electrons. The molecule has 11 heavy (non-hydrogen) atoms. The lowest BCUT2D eigenvalue weighted by molar-refractivity contribution is 0.259. The molecular formula is C9H22N2. The van der Waals surface area contributed by atoms with Crippen LogP contribution in [-0.2, 0) is 0 Å². The van der Waals surface area contributed by atoms with Crippen LogP contribution in [0.15, 0.2) is 0 Å². The predicted octanol–water partition coefficient (Wildman–Crippen LogP) is 1.63. The van der Waals surface area contributed by atoms with Gasteiger partial charge in [-0.25, -0.2) is 0 Å². The minimum atomic E-state index is -0.276. The Bertz CT molecular complexity index is 111. The Labute approximate surface area is 70.3 Å². The van der Waals surface area contributed by atoms with Crippen molar-refractivity contribution in [2.75, 3.05) is 0 Å². The highest BCUT2D eigenvalue weighted by molar-refractivity contribution is 4.97. The van der Waals surface area contributed by atoms with Gasteiger partial charge in [-0.3, -0.25) is 0 Å². The van der Waals surface area contributed by atoms with E-state index in [-0.39, 0.29) is 11.1 Å². The highest BCUT2D eigenvalue weighted by Gasteiger charge is 2.32. The van der Waals surface area contributed by atoms with E-state index < -0.39 is 0 Å². The van der Waals surface area contributed by atoms with Crippen molar-refractivity contribution in [1.82, 2.24) is 0 Å². The van der Waals surface area contributed by atoms with Gasteiger partial charge in [0.15, 0.2) is 0 Å². The van der Waals surface area contributed by atoms with Crippen LogP contribution in [0.2, 0.25) is 0 Å². The normalized spacial score (nSPS) is 18.0. The maximum atomic E-state index is 6.05. The Morgan fingerprint density at radius 2 is 1.55 bits per heavy atom. The van der Waals surface area contributed by atoms with Crippen molar-refractivity contribution in [1.29, 1.82) is 0 Å². The second kappa shape index (κ2) is 3.55. The smallest absolute Gasteiger partial charge is 0.0302 e. The molecule has 0 fully saturated rings. The number of hydrogen-bond donors (Lipinski definition) is 2. The van der Waals surface area contributed by atoms with E-state index in [2.05, 4.69) is 6.92 Å². The maximum absolute atomic E-state index is 6.05. The molecule has 0 saturated carbocycles. The van der Waals surface area contributed by atoms with Gasteiger partial charge in [0.05, 0.1) is 0 Å². The highest BCUT2D eigenvalue weighted by atomic mass is 14.9. The van der Waals surface area contributed by atoms with Crippen molar-refractivity contribution in [2.24, 2.45) is 11.5 Å². The third-order valence-corrected chi connectivity index (χ3v) is 2.52. The number of hydrogen-bond acceptors (Lipinski definition) is 2. The molecule has 1 atom stereocenters. The van der Waals surface area contributed by atoms with Gasteiger partial charge >= 0.3 is 0 Å². The number of nitrogens with two attached hydrogens (primary N) is 2. The Hall–Kier alpha value is -0.0800. The first-order valence-electron chi connectivity index (χ1n) is 4.39. The number of rotatable bonds is 4. The molecule has 0 bridgehead atoms. The molecule has 4 N–H and O–H groups in total. The summed E-state index contributed by atoms with van der Waals surface area (Å²) in [5.74, 6) is 0. The summed E-state index contributed by atoms with van der Waals surface area (Å²) in [6.07, 6.45) is 3.35. The fourth-order valence-corrected chi connectivity index (χ4v) is 0.866. The van der Waals surface area contributed by atoms with E-state index in [1.165, 1.54) is 6.42 Å². The molecule has 0 amide bonds. The summed E-state index contributed by atoms with van der Waals surface area (Å²) in [4.78, 5) is 0. The molecule has 0 aliphatic heterocycles. The fraction of sp³-hybridized carbons (Fsp3) is 1.00. The quantitative estimate of drug-likeness (QED) is 0.653. The summed E-state index contributed by atoms with van der Waals surface area (Å²) in [5, 5.41) is 0. The minimum Gasteiger partial charge on any atom is -0.324 e. The van der Waals surface area contributed by atoms with Crippen LogP contribution in [0.3, 0.4) is 0 Å². The van der Waals surface area contributed by atoms with E-state index in [0.29, 0.717) is 0 Å². The summed E-state index contributed by atoms with van der Waals surface area (Å²) >= 11 is 0. The first-order chi connectivity index (χ1) is 4.81. The van der Waals surface area contributed by atoms with Crippen LogP contribution in [0, 0.1) is 0 Å². The average molecular weight is 158 g/mol. The fourth-order valence-electron chi connectivity index (χ4n) is 0.866. The lowest BCUT2D eigenvalue weighted by atomic mass is 9.79. The van der Waals surface area contributed by atoms with E-state index in [9.17, 15) is 0 Å². The van der Waals surface area contributed by atoms with Gasteiger partial charge in [-0.05, 0) is 27.2 Å². The van der Waals surface area contributed by atoms with Crippen LogP contribution in [0.4, 0.5) is 0 Å². The third kappa shape index (κ3) is 3.21. The van der Waals surface area contributed by atoms with Gasteiger partial charge in [-0.2, -0.15) is 0 Å². The molecule has 0 aliphatic carbocycles. The van der Waals surface area contributed by atoms with Gasteiger partial charge in [0, 0.05) is 11.1 Å². The molecule has 2 heteroatoms. The van der Waals surface area contributed by atoms with Crippen molar-refractivity contribution in [2.45, 2.75) is 58.0 Å². The predicted molar refractivity (Wildman–Crippen MR) is 50.4 cm³/mol. The van der Waals surface area contributed by atoms with Crippen LogP contribution in [-0.4, -0.2) is 11.1 Å². The van der Waals surface area contributed by atoms with Gasteiger partial charge in [0.1, 0.15) is 0 Å². The second-order valence-corrected chi connectivity index (χ2v) is 4.24. The van der Waals surface area contributed by atoms with Crippen molar-refractivity contribution in [3.05, 3.63) is 0 Å². The van der Waals surface area contributed by atoms with E-state index in [1.54, 1.807) is 0 Å².